The highest BCUT2D eigenvalue weighted by Crippen LogP contribution is 2.25. The number of esters is 1. The van der Waals surface area contributed by atoms with Crippen molar-refractivity contribution in [2.24, 2.45) is 0 Å². The van der Waals surface area contributed by atoms with Crippen LogP contribution in [0.4, 0.5) is 0 Å². The molecule has 0 saturated heterocycles. The van der Waals surface area contributed by atoms with E-state index in [-0.39, 0.29) is 17.9 Å². The van der Waals surface area contributed by atoms with E-state index in [1.807, 2.05) is 47.7 Å². The van der Waals surface area contributed by atoms with E-state index in [1.165, 1.54) is 13.5 Å². The summed E-state index contributed by atoms with van der Waals surface area (Å²) in [7, 11) is 1.40. The van der Waals surface area contributed by atoms with Crippen molar-refractivity contribution in [2.75, 3.05) is 13.7 Å². The van der Waals surface area contributed by atoms with Crippen LogP contribution in [0, 0.1) is 26.2 Å². The average Bonchev–Trinajstić information content (AvgIpc) is 3.09. The molecule has 0 N–H and O–H groups in total. The van der Waals surface area contributed by atoms with Crippen molar-refractivity contribution in [3.63, 3.8) is 0 Å². The number of amides is 1. The van der Waals surface area contributed by atoms with Crippen LogP contribution in [0.1, 0.15) is 65.8 Å². The number of nitrogens with zero attached hydrogens (tertiary/aromatic N) is 3. The van der Waals surface area contributed by atoms with Gasteiger partial charge >= 0.3 is 5.97 Å². The lowest BCUT2D eigenvalue weighted by Gasteiger charge is -2.33. The number of hydrogen-bond donors (Lipinski definition) is 0. The molecule has 164 valence electrons. The molecule has 1 saturated carbocycles. The highest BCUT2D eigenvalue weighted by molar-refractivity contribution is 5.94. The molecule has 0 bridgehead atoms. The Morgan fingerprint density at radius 1 is 1.19 bits per heavy atom. The van der Waals surface area contributed by atoms with Gasteiger partial charge in [0.1, 0.15) is 0 Å². The molecule has 1 fully saturated rings. The van der Waals surface area contributed by atoms with Gasteiger partial charge in [-0.3, -0.25) is 9.59 Å². The highest BCUT2D eigenvalue weighted by atomic mass is 16.5. The molecule has 3 rings (SSSR count). The maximum absolute atomic E-state index is 13.1. The number of methoxy groups -OCH3 is 1. The van der Waals surface area contributed by atoms with Gasteiger partial charge in [-0.15, -0.1) is 6.42 Å². The summed E-state index contributed by atoms with van der Waals surface area (Å²) in [6, 6.07) is 7.73. The minimum Gasteiger partial charge on any atom is -0.469 e. The quantitative estimate of drug-likeness (QED) is 0.501. The molecular weight excluding hydrogens is 390 g/mol. The van der Waals surface area contributed by atoms with Gasteiger partial charge < -0.3 is 9.64 Å². The Kier molecular flexibility index (Phi) is 7.51. The van der Waals surface area contributed by atoms with Crippen LogP contribution in [0.2, 0.25) is 0 Å². The molecule has 31 heavy (non-hydrogen) atoms. The molecule has 0 spiro atoms. The molecule has 0 atom stereocenters. The number of terminal acetylenes is 1. The van der Waals surface area contributed by atoms with Gasteiger partial charge in [-0.25, -0.2) is 4.68 Å². The highest BCUT2D eigenvalue weighted by Gasteiger charge is 2.25. The van der Waals surface area contributed by atoms with Crippen molar-refractivity contribution in [1.29, 1.82) is 0 Å². The summed E-state index contributed by atoms with van der Waals surface area (Å²) in [5.41, 5.74) is 4.43. The van der Waals surface area contributed by atoms with E-state index in [9.17, 15) is 9.59 Å². The van der Waals surface area contributed by atoms with Crippen molar-refractivity contribution >= 4 is 11.9 Å². The van der Waals surface area contributed by atoms with Crippen LogP contribution in [0.25, 0.3) is 5.69 Å². The summed E-state index contributed by atoms with van der Waals surface area (Å²) < 4.78 is 6.60. The fourth-order valence-corrected chi connectivity index (χ4v) is 4.39. The molecule has 6 nitrogen and oxygen atoms in total. The molecule has 6 heteroatoms. The molecule has 1 heterocycles. The number of benzene rings is 1. The van der Waals surface area contributed by atoms with Gasteiger partial charge in [-0.1, -0.05) is 25.2 Å². The van der Waals surface area contributed by atoms with Crippen LogP contribution in [-0.2, 0) is 16.0 Å². The minimum absolute atomic E-state index is 0.0106. The van der Waals surface area contributed by atoms with Gasteiger partial charge in [0.2, 0.25) is 0 Å². The zero-order valence-electron chi connectivity index (χ0n) is 18.7. The Morgan fingerprint density at radius 3 is 2.48 bits per heavy atom. The number of aromatic nitrogens is 2. The smallest absolute Gasteiger partial charge is 0.305 e. The summed E-state index contributed by atoms with van der Waals surface area (Å²) in [6.45, 7) is 4.27. The third kappa shape index (κ3) is 5.16. The Labute approximate surface area is 184 Å². The van der Waals surface area contributed by atoms with E-state index >= 15 is 0 Å². The number of carbonyl (C=O) groups excluding carboxylic acids is 2. The lowest BCUT2D eigenvalue weighted by atomic mass is 9.93. The topological polar surface area (TPSA) is 64.4 Å². The standard InChI is InChI=1S/C25H31N3O3/c1-5-17-27(21-9-7-6-8-10-21)25(30)20-11-13-22(14-12-20)28-19(3)23(18(2)26-28)15-16-24(29)31-4/h1,11-14,21H,6-10,15-17H2,2-4H3. The fraction of sp³-hybridized carbons (Fsp3) is 0.480. The summed E-state index contributed by atoms with van der Waals surface area (Å²) in [5, 5.41) is 4.64. The first-order valence-corrected chi connectivity index (χ1v) is 10.9. The van der Waals surface area contributed by atoms with Crippen molar-refractivity contribution in [1.82, 2.24) is 14.7 Å². The molecule has 2 aromatic rings. The summed E-state index contributed by atoms with van der Waals surface area (Å²) in [4.78, 5) is 26.5. The first kappa shape index (κ1) is 22.6. The Bertz CT molecular complexity index is 963. The van der Waals surface area contributed by atoms with Crippen LogP contribution in [0.15, 0.2) is 24.3 Å². The summed E-state index contributed by atoms with van der Waals surface area (Å²) in [6.07, 6.45) is 12.0. The van der Waals surface area contributed by atoms with Gasteiger partial charge in [-0.2, -0.15) is 5.10 Å². The predicted octanol–water partition coefficient (Wildman–Crippen LogP) is 4.00. The molecule has 1 aromatic carbocycles. The maximum Gasteiger partial charge on any atom is 0.305 e. The van der Waals surface area contributed by atoms with Crippen molar-refractivity contribution in [3.05, 3.63) is 46.8 Å². The first-order chi connectivity index (χ1) is 15.0. The van der Waals surface area contributed by atoms with Crippen molar-refractivity contribution in [3.8, 4) is 18.0 Å². The second-order valence-corrected chi connectivity index (χ2v) is 8.11. The van der Waals surface area contributed by atoms with Gasteiger partial charge in [0, 0.05) is 23.7 Å². The molecule has 0 radical (unpaired) electrons. The second-order valence-electron chi connectivity index (χ2n) is 8.11. The Morgan fingerprint density at radius 2 is 1.87 bits per heavy atom. The second kappa shape index (κ2) is 10.3. The largest absolute Gasteiger partial charge is 0.469 e. The number of rotatable bonds is 7. The number of ether oxygens (including phenoxy) is 1. The van der Waals surface area contributed by atoms with E-state index in [2.05, 4.69) is 11.0 Å². The van der Waals surface area contributed by atoms with Gasteiger partial charge in [0.05, 0.1) is 25.0 Å². The van der Waals surface area contributed by atoms with E-state index in [0.29, 0.717) is 24.9 Å². The van der Waals surface area contributed by atoms with E-state index in [1.54, 1.807) is 0 Å². The number of carbonyl (C=O) groups is 2. The van der Waals surface area contributed by atoms with E-state index < -0.39 is 0 Å². The summed E-state index contributed by atoms with van der Waals surface area (Å²) >= 11 is 0. The van der Waals surface area contributed by atoms with Crippen LogP contribution in [0.5, 0.6) is 0 Å². The Balaban J connectivity index is 1.78. The van der Waals surface area contributed by atoms with Crippen LogP contribution in [0.3, 0.4) is 0 Å². The SMILES string of the molecule is C#CCN(C(=O)c1ccc(-n2nc(C)c(CCC(=O)OC)c2C)cc1)C1CCCCC1. The molecule has 0 unspecified atom stereocenters. The molecule has 0 aliphatic heterocycles. The van der Waals surface area contributed by atoms with Gasteiger partial charge in [0.15, 0.2) is 0 Å². The lowest BCUT2D eigenvalue weighted by molar-refractivity contribution is -0.140. The predicted molar refractivity (Wildman–Crippen MR) is 120 cm³/mol. The zero-order chi connectivity index (χ0) is 22.4. The molecule has 1 aliphatic carbocycles. The lowest BCUT2D eigenvalue weighted by Crippen LogP contribution is -2.41. The number of aryl methyl sites for hydroxylation is 1. The monoisotopic (exact) mass is 421 g/mol. The molecule has 1 aromatic heterocycles. The first-order valence-electron chi connectivity index (χ1n) is 10.9. The molecule has 1 aliphatic rings. The normalized spacial score (nSPS) is 14.1. The van der Waals surface area contributed by atoms with E-state index in [4.69, 9.17) is 11.2 Å². The van der Waals surface area contributed by atoms with Crippen LogP contribution >= 0.6 is 0 Å². The summed E-state index contributed by atoms with van der Waals surface area (Å²) in [5.74, 6) is 2.41. The zero-order valence-corrected chi connectivity index (χ0v) is 18.7. The van der Waals surface area contributed by atoms with Gasteiger partial charge in [-0.05, 0) is 62.9 Å². The third-order valence-electron chi connectivity index (χ3n) is 6.14. The minimum atomic E-state index is -0.232. The molecular formula is C25H31N3O3. The van der Waals surface area contributed by atoms with Crippen LogP contribution in [-0.4, -0.2) is 46.3 Å². The van der Waals surface area contributed by atoms with Crippen molar-refractivity contribution < 1.29 is 14.3 Å². The van der Waals surface area contributed by atoms with Crippen LogP contribution < -0.4 is 0 Å². The van der Waals surface area contributed by atoms with E-state index in [0.717, 1.165) is 48.3 Å². The molecule has 1 amide bonds. The average molecular weight is 422 g/mol. The van der Waals surface area contributed by atoms with Crippen molar-refractivity contribution in [2.45, 2.75) is 64.8 Å². The Hall–Kier alpha value is -3.07. The van der Waals surface area contributed by atoms with Gasteiger partial charge in [0.25, 0.3) is 5.91 Å². The maximum atomic E-state index is 13.1. The number of hydrogen-bond acceptors (Lipinski definition) is 4. The fourth-order valence-electron chi connectivity index (χ4n) is 4.39. The third-order valence-corrected chi connectivity index (χ3v) is 6.14.